The summed E-state index contributed by atoms with van der Waals surface area (Å²) in [6.45, 7) is -2.76. The zero-order valence-corrected chi connectivity index (χ0v) is 16.5. The van der Waals surface area contributed by atoms with E-state index >= 15 is 0 Å². The van der Waals surface area contributed by atoms with Gasteiger partial charge in [0.2, 0.25) is 11.8 Å². The summed E-state index contributed by atoms with van der Waals surface area (Å²) in [5.74, 6) is -1.78. The highest BCUT2D eigenvalue weighted by Gasteiger charge is 2.29. The van der Waals surface area contributed by atoms with Crippen molar-refractivity contribution in [2.24, 2.45) is 0 Å². The first-order valence-corrected chi connectivity index (χ1v) is 9.02. The Labute approximate surface area is 180 Å². The number of halogens is 7. The minimum absolute atomic E-state index is 0.0464. The molecule has 0 saturated heterocycles. The molecule has 8 nitrogen and oxygen atoms in total. The van der Waals surface area contributed by atoms with Gasteiger partial charge in [-0.15, -0.1) is 0 Å². The second kappa shape index (κ2) is 9.06. The van der Waals surface area contributed by atoms with E-state index in [0.29, 0.717) is 0 Å². The molecule has 3 N–H and O–H groups in total. The number of imidazole rings is 1. The second-order valence-electron chi connectivity index (χ2n) is 5.90. The number of alkyl halides is 5. The van der Waals surface area contributed by atoms with E-state index in [1.54, 1.807) is 5.32 Å². The largest absolute Gasteiger partial charge is 0.471 e. The van der Waals surface area contributed by atoms with Crippen molar-refractivity contribution in [3.63, 3.8) is 0 Å². The summed E-state index contributed by atoms with van der Waals surface area (Å²) < 4.78 is 67.1. The molecule has 0 atom stereocenters. The van der Waals surface area contributed by atoms with Crippen molar-refractivity contribution in [2.75, 3.05) is 18.5 Å². The van der Waals surface area contributed by atoms with Gasteiger partial charge in [-0.2, -0.15) is 23.1 Å². The fourth-order valence-corrected chi connectivity index (χ4v) is 2.78. The number of ether oxygens (including phenoxy) is 1. The number of hydrogen-bond acceptors (Lipinski definition) is 6. The maximum atomic E-state index is 12.5. The Morgan fingerprint density at radius 1 is 1.19 bits per heavy atom. The van der Waals surface area contributed by atoms with E-state index in [2.05, 4.69) is 25.3 Å². The molecule has 3 aromatic heterocycles. The number of anilines is 2. The average Bonchev–Trinajstić information content (AvgIpc) is 3.07. The summed E-state index contributed by atoms with van der Waals surface area (Å²) in [5, 5.41) is 4.73. The van der Waals surface area contributed by atoms with Crippen LogP contribution >= 0.6 is 23.2 Å². The second-order valence-corrected chi connectivity index (χ2v) is 6.72. The van der Waals surface area contributed by atoms with Crippen molar-refractivity contribution in [3.05, 3.63) is 34.1 Å². The van der Waals surface area contributed by atoms with E-state index in [9.17, 15) is 26.7 Å². The number of carbonyl (C=O) groups excluding carboxylic acids is 1. The van der Waals surface area contributed by atoms with Gasteiger partial charge in [0.25, 0.3) is 12.3 Å². The Bertz CT molecular complexity index is 1090. The predicted octanol–water partition coefficient (Wildman–Crippen LogP) is 4.34. The number of rotatable bonds is 7. The Morgan fingerprint density at radius 2 is 1.87 bits per heavy atom. The van der Waals surface area contributed by atoms with E-state index in [0.717, 1.165) is 6.07 Å². The van der Waals surface area contributed by atoms with Gasteiger partial charge in [-0.25, -0.2) is 8.78 Å². The lowest BCUT2D eigenvalue weighted by Gasteiger charge is -2.11. The fourth-order valence-electron chi connectivity index (χ4n) is 2.32. The van der Waals surface area contributed by atoms with Gasteiger partial charge >= 0.3 is 6.18 Å². The smallest absolute Gasteiger partial charge is 0.405 e. The number of H-pyrrole nitrogens is 1. The molecule has 166 valence electrons. The highest BCUT2D eigenvalue weighted by atomic mass is 35.5. The first-order valence-electron chi connectivity index (χ1n) is 8.26. The minimum atomic E-state index is -4.68. The van der Waals surface area contributed by atoms with E-state index in [-0.39, 0.29) is 32.8 Å². The zero-order valence-electron chi connectivity index (χ0n) is 15.0. The van der Waals surface area contributed by atoms with Crippen LogP contribution in [0.25, 0.3) is 11.2 Å². The molecule has 0 saturated carbocycles. The lowest BCUT2D eigenvalue weighted by Crippen LogP contribution is -2.34. The number of aromatic nitrogens is 4. The molecule has 0 spiro atoms. The van der Waals surface area contributed by atoms with Crippen molar-refractivity contribution in [1.29, 1.82) is 0 Å². The van der Waals surface area contributed by atoms with Crippen LogP contribution in [0.3, 0.4) is 0 Å². The third kappa shape index (κ3) is 5.82. The molecule has 0 bridgehead atoms. The van der Waals surface area contributed by atoms with Crippen LogP contribution in [0, 0.1) is 0 Å². The van der Waals surface area contributed by atoms with Gasteiger partial charge in [-0.05, 0) is 6.07 Å². The molecule has 3 heterocycles. The lowest BCUT2D eigenvalue weighted by molar-refractivity contribution is -0.123. The summed E-state index contributed by atoms with van der Waals surface area (Å²) in [5.41, 5.74) is -0.215. The Kier molecular flexibility index (Phi) is 6.65. The van der Waals surface area contributed by atoms with Crippen molar-refractivity contribution >= 4 is 51.9 Å². The van der Waals surface area contributed by atoms with Crippen molar-refractivity contribution in [1.82, 2.24) is 25.3 Å². The average molecular weight is 485 g/mol. The molecule has 15 heteroatoms. The third-order valence-electron chi connectivity index (χ3n) is 3.58. The summed E-state index contributed by atoms with van der Waals surface area (Å²) in [6, 6.07) is 1.07. The molecule has 3 rings (SSSR count). The highest BCUT2D eigenvalue weighted by Crippen LogP contribution is 2.31. The molecule has 0 aliphatic heterocycles. The Hall–Kier alpha value is -2.93. The van der Waals surface area contributed by atoms with Crippen LogP contribution in [0.2, 0.25) is 10.0 Å². The molecule has 0 radical (unpaired) electrons. The first-order chi connectivity index (χ1) is 14.5. The van der Waals surface area contributed by atoms with Gasteiger partial charge in [0.15, 0.2) is 12.3 Å². The molecular formula is C16H11Cl2F5N6O2. The number of amides is 1. The number of hydrogen-bond donors (Lipinski definition) is 3. The quantitative estimate of drug-likeness (QED) is 0.431. The normalized spacial score (nSPS) is 11.7. The molecule has 0 aliphatic rings. The SMILES string of the molecule is O=C(NCC(F)(F)F)c1cc2[nH]c(Nc3c(Cl)cncc3Cl)nc2nc1OCC(F)F. The number of fused-ring (bicyclic) bond motifs is 1. The lowest BCUT2D eigenvalue weighted by atomic mass is 10.2. The molecule has 3 aromatic rings. The van der Waals surface area contributed by atoms with Gasteiger partial charge < -0.3 is 20.4 Å². The summed E-state index contributed by atoms with van der Waals surface area (Å²) in [4.78, 5) is 26.6. The van der Waals surface area contributed by atoms with Crippen LogP contribution in [0.1, 0.15) is 10.4 Å². The number of nitrogens with zero attached hydrogens (tertiary/aromatic N) is 3. The van der Waals surface area contributed by atoms with Crippen LogP contribution in [0.15, 0.2) is 18.5 Å². The van der Waals surface area contributed by atoms with E-state index in [4.69, 9.17) is 27.9 Å². The van der Waals surface area contributed by atoms with Crippen molar-refractivity contribution in [2.45, 2.75) is 12.6 Å². The first kappa shape index (κ1) is 22.7. The number of aromatic amines is 1. The van der Waals surface area contributed by atoms with E-state index < -0.39 is 43.1 Å². The summed E-state index contributed by atoms with van der Waals surface area (Å²) in [6.07, 6.45) is -4.95. The van der Waals surface area contributed by atoms with Crippen LogP contribution in [0.5, 0.6) is 5.88 Å². The molecule has 0 aliphatic carbocycles. The third-order valence-corrected chi connectivity index (χ3v) is 4.15. The number of nitrogens with one attached hydrogen (secondary N) is 3. The molecule has 0 aromatic carbocycles. The topological polar surface area (TPSA) is 105 Å². The summed E-state index contributed by atoms with van der Waals surface area (Å²) >= 11 is 12.0. The van der Waals surface area contributed by atoms with Gasteiger partial charge in [-0.1, -0.05) is 23.2 Å². The minimum Gasteiger partial charge on any atom is -0.471 e. The van der Waals surface area contributed by atoms with E-state index in [1.807, 2.05) is 0 Å². The van der Waals surface area contributed by atoms with Crippen LogP contribution in [-0.4, -0.2) is 51.6 Å². The molecule has 0 fully saturated rings. The molecule has 31 heavy (non-hydrogen) atoms. The molecule has 0 unspecified atom stereocenters. The summed E-state index contributed by atoms with van der Waals surface area (Å²) in [7, 11) is 0. The van der Waals surface area contributed by atoms with Crippen molar-refractivity contribution in [3.8, 4) is 5.88 Å². The zero-order chi connectivity index (χ0) is 22.8. The maximum Gasteiger partial charge on any atom is 0.405 e. The molecule has 1 amide bonds. The predicted molar refractivity (Wildman–Crippen MR) is 101 cm³/mol. The monoisotopic (exact) mass is 484 g/mol. The van der Waals surface area contributed by atoms with Crippen LogP contribution in [0.4, 0.5) is 33.6 Å². The van der Waals surface area contributed by atoms with Gasteiger partial charge in [0.1, 0.15) is 12.1 Å². The van der Waals surface area contributed by atoms with Crippen LogP contribution in [-0.2, 0) is 0 Å². The van der Waals surface area contributed by atoms with E-state index in [1.165, 1.54) is 12.4 Å². The standard InChI is InChI=1S/C16H11Cl2F5N6O2/c17-7-2-24-3-8(18)11(7)27-15-26-9-1-6(13(30)25-5-16(21,22)23)14(28-12(9)29-15)31-4-10(19)20/h1-3,10H,4-5H2,(H,25,30)(H2,24,26,27,28,29). The molecular weight excluding hydrogens is 474 g/mol. The van der Waals surface area contributed by atoms with Crippen molar-refractivity contribution < 1.29 is 31.5 Å². The van der Waals surface area contributed by atoms with Gasteiger partial charge in [0, 0.05) is 12.4 Å². The Morgan fingerprint density at radius 3 is 2.48 bits per heavy atom. The maximum absolute atomic E-state index is 12.5. The fraction of sp³-hybridized carbons (Fsp3) is 0.250. The highest BCUT2D eigenvalue weighted by molar-refractivity contribution is 6.39. The van der Waals surface area contributed by atoms with Gasteiger partial charge in [0.05, 0.1) is 21.2 Å². The number of pyridine rings is 2. The Balaban J connectivity index is 1.96. The van der Waals surface area contributed by atoms with Gasteiger partial charge in [-0.3, -0.25) is 9.78 Å². The number of carbonyl (C=O) groups is 1. The van der Waals surface area contributed by atoms with Crippen LogP contribution < -0.4 is 15.4 Å².